The monoisotopic (exact) mass is 293 g/mol. The number of nitrogens with one attached hydrogen (secondary N) is 1. The number of ether oxygens (including phenoxy) is 1. The number of methoxy groups -OCH3 is 1. The summed E-state index contributed by atoms with van der Waals surface area (Å²) >= 11 is 0. The number of aromatic nitrogens is 2. The number of aryl methyl sites for hydroxylation is 2. The van der Waals surface area contributed by atoms with Crippen LogP contribution in [0.25, 0.3) is 0 Å². The Kier molecular flexibility index (Phi) is 3.89. The fraction of sp³-hybridized carbons (Fsp3) is 0.231. The van der Waals surface area contributed by atoms with E-state index in [0.29, 0.717) is 17.1 Å². The smallest absolute Gasteiger partial charge is 0.264 e. The lowest BCUT2D eigenvalue weighted by Gasteiger charge is -2.08. The van der Waals surface area contributed by atoms with Gasteiger partial charge < -0.3 is 4.74 Å². The van der Waals surface area contributed by atoms with Crippen molar-refractivity contribution in [3.63, 3.8) is 0 Å². The molecule has 0 fully saturated rings. The number of sulfonamides is 1. The Morgan fingerprint density at radius 2 is 1.60 bits per heavy atom. The van der Waals surface area contributed by atoms with Crippen LogP contribution in [0.3, 0.4) is 0 Å². The van der Waals surface area contributed by atoms with E-state index < -0.39 is 10.0 Å². The quantitative estimate of drug-likeness (QED) is 0.931. The standard InChI is InChI=1S/C13H15N3O3S/c1-9-8-10(2)15-13(14-9)16-20(17,18)12-6-4-11(19-3)5-7-12/h4-8H,1-3H3,(H,14,15,16). The molecular formula is C13H15N3O3S. The summed E-state index contributed by atoms with van der Waals surface area (Å²) in [5.74, 6) is 0.657. The number of hydrogen-bond donors (Lipinski definition) is 1. The van der Waals surface area contributed by atoms with E-state index in [9.17, 15) is 8.42 Å². The number of benzene rings is 1. The fourth-order valence-corrected chi connectivity index (χ4v) is 2.65. The molecule has 0 saturated heterocycles. The van der Waals surface area contributed by atoms with Crippen LogP contribution in [0.15, 0.2) is 35.2 Å². The van der Waals surface area contributed by atoms with Crippen LogP contribution in [-0.4, -0.2) is 25.5 Å². The van der Waals surface area contributed by atoms with E-state index in [0.717, 1.165) is 0 Å². The zero-order valence-electron chi connectivity index (χ0n) is 11.4. The van der Waals surface area contributed by atoms with Crippen LogP contribution < -0.4 is 9.46 Å². The lowest BCUT2D eigenvalue weighted by Crippen LogP contribution is -2.15. The summed E-state index contributed by atoms with van der Waals surface area (Å²) in [4.78, 5) is 8.23. The second-order valence-corrected chi connectivity index (χ2v) is 5.94. The first-order chi connectivity index (χ1) is 9.40. The van der Waals surface area contributed by atoms with Crippen molar-refractivity contribution in [3.8, 4) is 5.75 Å². The average molecular weight is 293 g/mol. The highest BCUT2D eigenvalue weighted by molar-refractivity contribution is 7.92. The molecule has 0 aliphatic carbocycles. The van der Waals surface area contributed by atoms with Gasteiger partial charge in [0.15, 0.2) is 0 Å². The molecular weight excluding hydrogens is 278 g/mol. The topological polar surface area (TPSA) is 81.2 Å². The Morgan fingerprint density at radius 3 is 2.10 bits per heavy atom. The van der Waals surface area contributed by atoms with Crippen LogP contribution in [0, 0.1) is 13.8 Å². The molecule has 0 spiro atoms. The summed E-state index contributed by atoms with van der Waals surface area (Å²) in [6.07, 6.45) is 0. The molecule has 0 radical (unpaired) electrons. The van der Waals surface area contributed by atoms with Gasteiger partial charge in [-0.25, -0.2) is 23.1 Å². The summed E-state index contributed by atoms with van der Waals surface area (Å²) in [5, 5.41) is 0. The van der Waals surface area contributed by atoms with Gasteiger partial charge in [0, 0.05) is 11.4 Å². The SMILES string of the molecule is COc1ccc(S(=O)(=O)Nc2nc(C)cc(C)n2)cc1. The minimum Gasteiger partial charge on any atom is -0.497 e. The summed E-state index contributed by atoms with van der Waals surface area (Å²) in [6.45, 7) is 3.56. The van der Waals surface area contributed by atoms with E-state index in [-0.39, 0.29) is 10.8 Å². The first-order valence-corrected chi connectivity index (χ1v) is 7.38. The van der Waals surface area contributed by atoms with Crippen LogP contribution in [0.1, 0.15) is 11.4 Å². The summed E-state index contributed by atoms with van der Waals surface area (Å²) in [5.41, 5.74) is 1.40. The fourth-order valence-electron chi connectivity index (χ4n) is 1.71. The predicted molar refractivity (Wildman–Crippen MR) is 75.3 cm³/mol. The third kappa shape index (κ3) is 3.24. The molecule has 106 valence electrons. The molecule has 0 aliphatic heterocycles. The van der Waals surface area contributed by atoms with Crippen LogP contribution in [-0.2, 0) is 10.0 Å². The molecule has 0 atom stereocenters. The molecule has 1 heterocycles. The number of anilines is 1. The van der Waals surface area contributed by atoms with Crippen LogP contribution in [0.4, 0.5) is 5.95 Å². The Morgan fingerprint density at radius 1 is 1.05 bits per heavy atom. The number of rotatable bonds is 4. The van der Waals surface area contributed by atoms with Gasteiger partial charge in [-0.05, 0) is 44.2 Å². The van der Waals surface area contributed by atoms with Crippen molar-refractivity contribution in [1.29, 1.82) is 0 Å². The Bertz CT molecular complexity index is 692. The van der Waals surface area contributed by atoms with Crippen molar-refractivity contribution in [2.75, 3.05) is 11.8 Å². The van der Waals surface area contributed by atoms with Crippen molar-refractivity contribution in [2.45, 2.75) is 18.7 Å². The minimum absolute atomic E-state index is 0.0679. The predicted octanol–water partition coefficient (Wildman–Crippen LogP) is 1.90. The van der Waals surface area contributed by atoms with Crippen molar-refractivity contribution in [1.82, 2.24) is 9.97 Å². The van der Waals surface area contributed by atoms with Crippen molar-refractivity contribution < 1.29 is 13.2 Å². The Labute approximate surface area is 117 Å². The van der Waals surface area contributed by atoms with Gasteiger partial charge in [-0.2, -0.15) is 0 Å². The third-order valence-corrected chi connectivity index (χ3v) is 3.92. The van der Waals surface area contributed by atoms with E-state index in [1.165, 1.54) is 19.2 Å². The van der Waals surface area contributed by atoms with Gasteiger partial charge in [0.1, 0.15) is 5.75 Å². The molecule has 1 aromatic heterocycles. The maximum Gasteiger partial charge on any atom is 0.264 e. The van der Waals surface area contributed by atoms with Crippen LogP contribution in [0.2, 0.25) is 0 Å². The van der Waals surface area contributed by atoms with Gasteiger partial charge >= 0.3 is 0 Å². The largest absolute Gasteiger partial charge is 0.497 e. The first-order valence-electron chi connectivity index (χ1n) is 5.90. The van der Waals surface area contributed by atoms with E-state index in [1.54, 1.807) is 32.0 Å². The van der Waals surface area contributed by atoms with Crippen molar-refractivity contribution in [3.05, 3.63) is 41.7 Å². The summed E-state index contributed by atoms with van der Waals surface area (Å²) < 4.78 is 31.7. The van der Waals surface area contributed by atoms with Crippen molar-refractivity contribution in [2.24, 2.45) is 0 Å². The highest BCUT2D eigenvalue weighted by Gasteiger charge is 2.16. The van der Waals surface area contributed by atoms with E-state index >= 15 is 0 Å². The molecule has 0 aliphatic rings. The van der Waals surface area contributed by atoms with E-state index in [4.69, 9.17) is 4.74 Å². The zero-order valence-corrected chi connectivity index (χ0v) is 12.2. The molecule has 20 heavy (non-hydrogen) atoms. The maximum atomic E-state index is 12.2. The molecule has 1 aromatic carbocycles. The summed E-state index contributed by atoms with van der Waals surface area (Å²) in [7, 11) is -2.18. The molecule has 1 N–H and O–H groups in total. The average Bonchev–Trinajstić information content (AvgIpc) is 2.37. The highest BCUT2D eigenvalue weighted by Crippen LogP contribution is 2.17. The zero-order chi connectivity index (χ0) is 14.8. The normalized spacial score (nSPS) is 11.2. The Balaban J connectivity index is 2.30. The lowest BCUT2D eigenvalue weighted by atomic mass is 10.3. The van der Waals surface area contributed by atoms with Gasteiger partial charge in [0.25, 0.3) is 10.0 Å². The first kappa shape index (κ1) is 14.3. The Hall–Kier alpha value is -2.15. The molecule has 0 bridgehead atoms. The molecule has 0 saturated carbocycles. The second-order valence-electron chi connectivity index (χ2n) is 4.26. The number of hydrogen-bond acceptors (Lipinski definition) is 5. The highest BCUT2D eigenvalue weighted by atomic mass is 32.2. The van der Waals surface area contributed by atoms with Gasteiger partial charge in [-0.1, -0.05) is 0 Å². The van der Waals surface area contributed by atoms with Crippen molar-refractivity contribution >= 4 is 16.0 Å². The summed E-state index contributed by atoms with van der Waals surface area (Å²) in [6, 6.07) is 7.85. The maximum absolute atomic E-state index is 12.2. The van der Waals surface area contributed by atoms with Crippen LogP contribution >= 0.6 is 0 Å². The van der Waals surface area contributed by atoms with Gasteiger partial charge in [0.05, 0.1) is 12.0 Å². The molecule has 2 aromatic rings. The molecule has 7 heteroatoms. The second kappa shape index (κ2) is 5.46. The third-order valence-electron chi connectivity index (χ3n) is 2.58. The van der Waals surface area contributed by atoms with Gasteiger partial charge in [0.2, 0.25) is 5.95 Å². The van der Waals surface area contributed by atoms with Gasteiger partial charge in [-0.15, -0.1) is 0 Å². The lowest BCUT2D eigenvalue weighted by molar-refractivity contribution is 0.414. The van der Waals surface area contributed by atoms with E-state index in [2.05, 4.69) is 14.7 Å². The molecule has 6 nitrogen and oxygen atoms in total. The van der Waals surface area contributed by atoms with Gasteiger partial charge in [-0.3, -0.25) is 0 Å². The molecule has 0 amide bonds. The van der Waals surface area contributed by atoms with Crippen LogP contribution in [0.5, 0.6) is 5.75 Å². The molecule has 2 rings (SSSR count). The van der Waals surface area contributed by atoms with E-state index in [1.807, 2.05) is 0 Å². The minimum atomic E-state index is -3.70. The number of nitrogens with zero attached hydrogens (tertiary/aromatic N) is 2. The molecule has 0 unspecified atom stereocenters.